The topological polar surface area (TPSA) is 70.4 Å². The zero-order chi connectivity index (χ0) is 17.2. The summed E-state index contributed by atoms with van der Waals surface area (Å²) < 4.78 is 0. The molecule has 0 unspecified atom stereocenters. The Hall–Kier alpha value is -1.66. The first-order chi connectivity index (χ1) is 12.2. The number of amides is 1. The monoisotopic (exact) mass is 444 g/mol. The van der Waals surface area contributed by atoms with Crippen molar-refractivity contribution in [3.05, 3.63) is 54.1 Å². The molecule has 1 aliphatic carbocycles. The maximum Gasteiger partial charge on any atom is 0.255 e. The van der Waals surface area contributed by atoms with Gasteiger partial charge >= 0.3 is 0 Å². The number of halogens is 3. The second-order valence-corrected chi connectivity index (χ2v) is 7.12. The second-order valence-electron chi connectivity index (χ2n) is 7.12. The Bertz CT molecular complexity index is 762. The van der Waals surface area contributed by atoms with E-state index in [-0.39, 0.29) is 43.1 Å². The third-order valence-electron chi connectivity index (χ3n) is 4.90. The summed E-state index contributed by atoms with van der Waals surface area (Å²) in [7, 11) is 0. The Labute approximate surface area is 184 Å². The van der Waals surface area contributed by atoms with Gasteiger partial charge in [0.2, 0.25) is 0 Å². The molecule has 2 aromatic rings. The largest absolute Gasteiger partial charge is 0.397 e. The lowest BCUT2D eigenvalue weighted by Crippen LogP contribution is -2.55. The van der Waals surface area contributed by atoms with Gasteiger partial charge in [-0.25, -0.2) is 0 Å². The van der Waals surface area contributed by atoms with E-state index in [4.69, 9.17) is 5.73 Å². The number of carbonyl (C=O) groups is 1. The third kappa shape index (κ3) is 6.17. The van der Waals surface area contributed by atoms with E-state index in [1.807, 2.05) is 36.4 Å². The van der Waals surface area contributed by atoms with Crippen LogP contribution in [-0.2, 0) is 0 Å². The molecule has 2 aromatic carbocycles. The van der Waals surface area contributed by atoms with Crippen LogP contribution in [0.25, 0.3) is 0 Å². The van der Waals surface area contributed by atoms with Crippen LogP contribution < -0.4 is 16.4 Å². The number of anilines is 3. The lowest BCUT2D eigenvalue weighted by Gasteiger charge is -2.40. The summed E-state index contributed by atoms with van der Waals surface area (Å²) in [5, 5.41) is 6.38. The lowest BCUT2D eigenvalue weighted by atomic mass is 10.1. The van der Waals surface area contributed by atoms with Crippen molar-refractivity contribution in [2.75, 3.05) is 36.0 Å². The number of nitrogens with two attached hydrogens (primary N) is 1. The van der Waals surface area contributed by atoms with E-state index in [1.165, 1.54) is 19.4 Å². The fourth-order valence-corrected chi connectivity index (χ4v) is 3.23. The van der Waals surface area contributed by atoms with E-state index in [1.54, 1.807) is 12.1 Å². The van der Waals surface area contributed by atoms with Crippen molar-refractivity contribution in [1.29, 1.82) is 0 Å². The number of nitrogen functional groups attached to an aromatic ring is 1. The molecule has 0 spiro atoms. The minimum Gasteiger partial charge on any atom is -0.397 e. The van der Waals surface area contributed by atoms with Gasteiger partial charge < -0.3 is 16.4 Å². The highest BCUT2D eigenvalue weighted by Gasteiger charge is 2.31. The third-order valence-corrected chi connectivity index (χ3v) is 4.90. The van der Waals surface area contributed by atoms with Gasteiger partial charge in [-0.05, 0) is 55.2 Å². The van der Waals surface area contributed by atoms with Crippen molar-refractivity contribution < 1.29 is 4.79 Å². The Morgan fingerprint density at radius 2 is 1.64 bits per heavy atom. The summed E-state index contributed by atoms with van der Waals surface area (Å²) in [5.41, 5.74) is 8.75. The Morgan fingerprint density at radius 1 is 1.00 bits per heavy atom. The quantitative estimate of drug-likeness (QED) is 0.580. The van der Waals surface area contributed by atoms with Crippen LogP contribution in [0.15, 0.2) is 48.5 Å². The smallest absolute Gasteiger partial charge is 0.255 e. The molecule has 4 rings (SSSR count). The van der Waals surface area contributed by atoms with Crippen molar-refractivity contribution in [2.45, 2.75) is 18.9 Å². The molecule has 28 heavy (non-hydrogen) atoms. The highest BCUT2D eigenvalue weighted by atomic mass is 35.5. The lowest BCUT2D eigenvalue weighted by molar-refractivity contribution is 0.102. The SMILES string of the molecule is Cl.Cl.Cl.Nc1ccccc1NC(=O)c1ccc(NC2CN(CC3CC3)C2)cc1. The van der Waals surface area contributed by atoms with Gasteiger partial charge in [0.25, 0.3) is 5.91 Å². The van der Waals surface area contributed by atoms with Crippen LogP contribution >= 0.6 is 37.2 Å². The molecule has 2 aliphatic rings. The van der Waals surface area contributed by atoms with Gasteiger partial charge in [-0.15, -0.1) is 37.2 Å². The van der Waals surface area contributed by atoms with Gasteiger partial charge in [0.15, 0.2) is 0 Å². The van der Waals surface area contributed by atoms with Crippen LogP contribution in [0.5, 0.6) is 0 Å². The first kappa shape index (κ1) is 24.4. The number of likely N-dealkylation sites (tertiary alicyclic amines) is 1. The summed E-state index contributed by atoms with van der Waals surface area (Å²) in [5.74, 6) is 0.807. The molecule has 1 aliphatic heterocycles. The molecule has 5 nitrogen and oxygen atoms in total. The number of hydrogen-bond acceptors (Lipinski definition) is 4. The summed E-state index contributed by atoms with van der Waals surface area (Å²) in [6.07, 6.45) is 2.82. The van der Waals surface area contributed by atoms with Crippen LogP contribution in [0.1, 0.15) is 23.2 Å². The van der Waals surface area contributed by atoms with Gasteiger partial charge in [0.1, 0.15) is 0 Å². The highest BCUT2D eigenvalue weighted by Crippen LogP contribution is 2.31. The van der Waals surface area contributed by atoms with Crippen molar-refractivity contribution in [3.8, 4) is 0 Å². The van der Waals surface area contributed by atoms with Crippen LogP contribution in [0, 0.1) is 5.92 Å². The number of benzene rings is 2. The fraction of sp³-hybridized carbons (Fsp3) is 0.350. The van der Waals surface area contributed by atoms with E-state index in [0.29, 0.717) is 23.0 Å². The summed E-state index contributed by atoms with van der Waals surface area (Å²) in [4.78, 5) is 14.8. The number of hydrogen-bond donors (Lipinski definition) is 3. The molecular weight excluding hydrogens is 419 g/mol. The van der Waals surface area contributed by atoms with Crippen molar-refractivity contribution in [2.24, 2.45) is 5.92 Å². The van der Waals surface area contributed by atoms with Gasteiger partial charge in [0.05, 0.1) is 17.4 Å². The number of para-hydroxylation sites is 2. The maximum absolute atomic E-state index is 12.3. The predicted octanol–water partition coefficient (Wildman–Crippen LogP) is 4.29. The summed E-state index contributed by atoms with van der Waals surface area (Å²) in [6, 6.07) is 15.4. The zero-order valence-corrected chi connectivity index (χ0v) is 17.9. The minimum absolute atomic E-state index is 0. The van der Waals surface area contributed by atoms with Crippen molar-refractivity contribution >= 4 is 60.2 Å². The number of nitrogens with one attached hydrogen (secondary N) is 2. The molecule has 0 aromatic heterocycles. The van der Waals surface area contributed by atoms with E-state index in [0.717, 1.165) is 24.7 Å². The molecular formula is C20H27Cl3N4O. The molecule has 4 N–H and O–H groups in total. The number of carbonyl (C=O) groups excluding carboxylic acids is 1. The average Bonchev–Trinajstić information content (AvgIpc) is 3.40. The Morgan fingerprint density at radius 3 is 2.25 bits per heavy atom. The van der Waals surface area contributed by atoms with Gasteiger partial charge in [-0.1, -0.05) is 12.1 Å². The van der Waals surface area contributed by atoms with Gasteiger partial charge in [-0.2, -0.15) is 0 Å². The fourth-order valence-electron chi connectivity index (χ4n) is 3.23. The molecule has 0 atom stereocenters. The molecule has 1 saturated heterocycles. The van der Waals surface area contributed by atoms with E-state index in [9.17, 15) is 4.79 Å². The molecule has 1 heterocycles. The molecule has 0 radical (unpaired) electrons. The highest BCUT2D eigenvalue weighted by molar-refractivity contribution is 6.05. The molecule has 0 bridgehead atoms. The van der Waals surface area contributed by atoms with Gasteiger partial charge in [0, 0.05) is 30.9 Å². The Balaban J connectivity index is 0.00000131. The van der Waals surface area contributed by atoms with Crippen LogP contribution in [0.4, 0.5) is 17.1 Å². The van der Waals surface area contributed by atoms with Crippen molar-refractivity contribution in [3.63, 3.8) is 0 Å². The standard InChI is InChI=1S/C20H24N4O.3ClH/c21-18-3-1-2-4-19(18)23-20(25)15-7-9-16(10-8-15)22-17-12-24(13-17)11-14-5-6-14;;;/h1-4,7-10,14,17,22H,5-6,11-13,21H2,(H,23,25);3*1H. The van der Waals surface area contributed by atoms with Gasteiger partial charge in [-0.3, -0.25) is 9.69 Å². The van der Waals surface area contributed by atoms with Crippen LogP contribution in [-0.4, -0.2) is 36.5 Å². The summed E-state index contributed by atoms with van der Waals surface area (Å²) in [6.45, 7) is 3.50. The van der Waals surface area contributed by atoms with Crippen LogP contribution in [0.3, 0.4) is 0 Å². The molecule has 2 fully saturated rings. The number of rotatable bonds is 6. The second kappa shape index (κ2) is 10.8. The first-order valence-electron chi connectivity index (χ1n) is 8.92. The molecule has 8 heteroatoms. The predicted molar refractivity (Wildman–Crippen MR) is 124 cm³/mol. The minimum atomic E-state index is -0.149. The number of nitrogens with zero attached hydrogens (tertiary/aromatic N) is 1. The van der Waals surface area contributed by atoms with Crippen molar-refractivity contribution in [1.82, 2.24) is 4.90 Å². The molecule has 1 amide bonds. The first-order valence-corrected chi connectivity index (χ1v) is 8.92. The zero-order valence-electron chi connectivity index (χ0n) is 15.5. The van der Waals surface area contributed by atoms with E-state index >= 15 is 0 Å². The molecule has 154 valence electrons. The maximum atomic E-state index is 12.3. The van der Waals surface area contributed by atoms with E-state index < -0.39 is 0 Å². The normalized spacial score (nSPS) is 15.9. The molecule has 1 saturated carbocycles. The average molecular weight is 446 g/mol. The van der Waals surface area contributed by atoms with Crippen LogP contribution in [0.2, 0.25) is 0 Å². The Kier molecular flexibility index (Phi) is 9.37. The summed E-state index contributed by atoms with van der Waals surface area (Å²) >= 11 is 0. The van der Waals surface area contributed by atoms with E-state index in [2.05, 4.69) is 15.5 Å².